The summed E-state index contributed by atoms with van der Waals surface area (Å²) < 4.78 is 38.6. The van der Waals surface area contributed by atoms with Gasteiger partial charge in [-0.1, -0.05) is 0 Å². The zero-order valence-electron chi connectivity index (χ0n) is 10.4. The number of hydrogen-bond acceptors (Lipinski definition) is 4. The fourth-order valence-electron chi connectivity index (χ4n) is 1.68. The number of nitrogens with zero attached hydrogens (tertiary/aromatic N) is 3. The van der Waals surface area contributed by atoms with E-state index in [0.29, 0.717) is 6.54 Å². The van der Waals surface area contributed by atoms with Crippen LogP contribution in [0.3, 0.4) is 0 Å². The molecule has 0 saturated carbocycles. The van der Waals surface area contributed by atoms with Crippen LogP contribution >= 0.6 is 11.3 Å². The van der Waals surface area contributed by atoms with Crippen molar-refractivity contribution in [1.82, 2.24) is 9.97 Å². The number of aryl methyl sites for hydroxylation is 1. The molecule has 2 rings (SSSR count). The Morgan fingerprint density at radius 3 is 2.68 bits per heavy atom. The number of aromatic nitrogens is 2. The van der Waals surface area contributed by atoms with Crippen molar-refractivity contribution in [2.45, 2.75) is 19.6 Å². The minimum Gasteiger partial charge on any atom is -0.352 e. The Morgan fingerprint density at radius 1 is 1.37 bits per heavy atom. The highest BCUT2D eigenvalue weighted by Crippen LogP contribution is 2.35. The molecule has 0 saturated heterocycles. The summed E-state index contributed by atoms with van der Waals surface area (Å²) in [4.78, 5) is 9.53. The third-order valence-electron chi connectivity index (χ3n) is 2.49. The third-order valence-corrected chi connectivity index (χ3v) is 3.44. The first-order valence-electron chi connectivity index (χ1n) is 5.52. The van der Waals surface area contributed by atoms with Crippen molar-refractivity contribution in [2.75, 3.05) is 11.9 Å². The predicted molar refractivity (Wildman–Crippen MR) is 68.2 cm³/mol. The van der Waals surface area contributed by atoms with E-state index in [1.807, 2.05) is 12.3 Å². The van der Waals surface area contributed by atoms with Crippen molar-refractivity contribution >= 4 is 17.2 Å². The zero-order valence-corrected chi connectivity index (χ0v) is 11.2. The van der Waals surface area contributed by atoms with E-state index < -0.39 is 11.7 Å². The summed E-state index contributed by atoms with van der Waals surface area (Å²) >= 11 is 1.42. The fourth-order valence-corrected chi connectivity index (χ4v) is 2.50. The Balaban J connectivity index is 2.26. The maximum atomic E-state index is 12.9. The molecule has 2 heterocycles. The van der Waals surface area contributed by atoms with E-state index in [9.17, 15) is 13.2 Å². The van der Waals surface area contributed by atoms with Crippen molar-refractivity contribution in [3.05, 3.63) is 40.0 Å². The van der Waals surface area contributed by atoms with E-state index >= 15 is 0 Å². The zero-order chi connectivity index (χ0) is 14.0. The summed E-state index contributed by atoms with van der Waals surface area (Å²) in [5.41, 5.74) is 0.135. The summed E-state index contributed by atoms with van der Waals surface area (Å²) in [7, 11) is 1.58. The second-order valence-corrected chi connectivity index (χ2v) is 5.05. The monoisotopic (exact) mass is 287 g/mol. The number of alkyl halides is 3. The van der Waals surface area contributed by atoms with Crippen LogP contribution in [0.5, 0.6) is 0 Å². The van der Waals surface area contributed by atoms with E-state index in [-0.39, 0.29) is 5.82 Å². The average Bonchev–Trinajstić information content (AvgIpc) is 2.73. The molecule has 0 aliphatic rings. The molecule has 7 heteroatoms. The van der Waals surface area contributed by atoms with Crippen molar-refractivity contribution in [3.63, 3.8) is 0 Å². The van der Waals surface area contributed by atoms with Crippen LogP contribution in [-0.4, -0.2) is 17.0 Å². The Hall–Kier alpha value is -1.63. The molecule has 3 nitrogen and oxygen atoms in total. The van der Waals surface area contributed by atoms with Gasteiger partial charge in [0.25, 0.3) is 0 Å². The van der Waals surface area contributed by atoms with Crippen molar-refractivity contribution in [2.24, 2.45) is 0 Å². The lowest BCUT2D eigenvalue weighted by Crippen LogP contribution is -2.22. The van der Waals surface area contributed by atoms with Gasteiger partial charge < -0.3 is 4.90 Å². The van der Waals surface area contributed by atoms with Gasteiger partial charge in [0.2, 0.25) is 0 Å². The summed E-state index contributed by atoms with van der Waals surface area (Å²) in [6.07, 6.45) is -3.05. The van der Waals surface area contributed by atoms with E-state index in [1.165, 1.54) is 28.5 Å². The van der Waals surface area contributed by atoms with Gasteiger partial charge in [0.15, 0.2) is 0 Å². The smallest absolute Gasteiger partial charge is 0.352 e. The SMILES string of the molecule is Cc1csc(CN(C)c2ncccc2C(F)(F)F)n1. The molecule has 0 aliphatic heterocycles. The normalized spacial score (nSPS) is 11.6. The van der Waals surface area contributed by atoms with E-state index in [0.717, 1.165) is 16.8 Å². The number of anilines is 1. The van der Waals surface area contributed by atoms with Crippen LogP contribution in [0.25, 0.3) is 0 Å². The second kappa shape index (κ2) is 5.16. The minimum absolute atomic E-state index is 0.0807. The molecule has 0 radical (unpaired) electrons. The van der Waals surface area contributed by atoms with Gasteiger partial charge in [0.1, 0.15) is 10.8 Å². The molecule has 19 heavy (non-hydrogen) atoms. The number of hydrogen-bond donors (Lipinski definition) is 0. The molecular formula is C12H12F3N3S. The van der Waals surface area contributed by atoms with Gasteiger partial charge in [0, 0.05) is 24.3 Å². The standard InChI is InChI=1S/C12H12F3N3S/c1-8-7-19-10(17-8)6-18(2)11-9(12(13,14)15)4-3-5-16-11/h3-5,7H,6H2,1-2H3. The van der Waals surface area contributed by atoms with Gasteiger partial charge in [0.05, 0.1) is 12.1 Å². The lowest BCUT2D eigenvalue weighted by molar-refractivity contribution is -0.137. The molecule has 0 N–H and O–H groups in total. The van der Waals surface area contributed by atoms with Gasteiger partial charge in [-0.05, 0) is 19.1 Å². The van der Waals surface area contributed by atoms with Crippen LogP contribution in [0.2, 0.25) is 0 Å². The van der Waals surface area contributed by atoms with E-state index in [2.05, 4.69) is 9.97 Å². The van der Waals surface area contributed by atoms with Crippen molar-refractivity contribution in [1.29, 1.82) is 0 Å². The van der Waals surface area contributed by atoms with Gasteiger partial charge >= 0.3 is 6.18 Å². The maximum Gasteiger partial charge on any atom is 0.419 e. The molecule has 2 aromatic rings. The van der Waals surface area contributed by atoms with E-state index in [4.69, 9.17) is 0 Å². The topological polar surface area (TPSA) is 29.0 Å². The second-order valence-electron chi connectivity index (χ2n) is 4.11. The highest BCUT2D eigenvalue weighted by Gasteiger charge is 2.35. The lowest BCUT2D eigenvalue weighted by atomic mass is 10.2. The maximum absolute atomic E-state index is 12.9. The van der Waals surface area contributed by atoms with Crippen LogP contribution in [0.4, 0.5) is 19.0 Å². The quantitative estimate of drug-likeness (QED) is 0.865. The largest absolute Gasteiger partial charge is 0.419 e. The summed E-state index contributed by atoms with van der Waals surface area (Å²) in [6.45, 7) is 2.15. The molecular weight excluding hydrogens is 275 g/mol. The van der Waals surface area contributed by atoms with Crippen LogP contribution in [0.15, 0.2) is 23.7 Å². The molecule has 2 aromatic heterocycles. The molecule has 0 unspecified atom stereocenters. The van der Waals surface area contributed by atoms with Crippen LogP contribution in [0, 0.1) is 6.92 Å². The Morgan fingerprint density at radius 2 is 2.11 bits per heavy atom. The molecule has 0 atom stereocenters. The summed E-state index contributed by atoms with van der Waals surface area (Å²) in [6, 6.07) is 2.32. The highest BCUT2D eigenvalue weighted by atomic mass is 32.1. The van der Waals surface area contributed by atoms with Gasteiger partial charge in [-0.3, -0.25) is 0 Å². The van der Waals surface area contributed by atoms with Crippen molar-refractivity contribution in [3.8, 4) is 0 Å². The first kappa shape index (κ1) is 13.8. The first-order chi connectivity index (χ1) is 8.88. The number of thiazole rings is 1. The average molecular weight is 287 g/mol. The van der Waals surface area contributed by atoms with Gasteiger partial charge in [-0.2, -0.15) is 13.2 Å². The lowest BCUT2D eigenvalue weighted by Gasteiger charge is -2.21. The molecule has 0 bridgehead atoms. The minimum atomic E-state index is -4.41. The molecule has 0 aliphatic carbocycles. The molecule has 0 spiro atoms. The molecule has 0 amide bonds. The number of rotatable bonds is 3. The third kappa shape index (κ3) is 3.23. The Bertz CT molecular complexity index is 565. The molecule has 0 fully saturated rings. The van der Waals surface area contributed by atoms with Crippen LogP contribution in [-0.2, 0) is 12.7 Å². The number of pyridine rings is 1. The highest BCUT2D eigenvalue weighted by molar-refractivity contribution is 7.09. The summed E-state index contributed by atoms with van der Waals surface area (Å²) in [5.74, 6) is -0.0807. The molecule has 102 valence electrons. The van der Waals surface area contributed by atoms with Crippen LogP contribution < -0.4 is 4.90 Å². The summed E-state index contributed by atoms with van der Waals surface area (Å²) in [5, 5.41) is 2.63. The Kier molecular flexibility index (Phi) is 3.75. The fraction of sp³-hybridized carbons (Fsp3) is 0.333. The predicted octanol–water partition coefficient (Wildman–Crippen LogP) is 3.50. The van der Waals surface area contributed by atoms with Crippen LogP contribution in [0.1, 0.15) is 16.3 Å². The Labute approximate surface area is 112 Å². The van der Waals surface area contributed by atoms with Crippen molar-refractivity contribution < 1.29 is 13.2 Å². The van der Waals surface area contributed by atoms with Gasteiger partial charge in [-0.25, -0.2) is 9.97 Å². The molecule has 0 aromatic carbocycles. The first-order valence-corrected chi connectivity index (χ1v) is 6.40. The van der Waals surface area contributed by atoms with Gasteiger partial charge in [-0.15, -0.1) is 11.3 Å². The van der Waals surface area contributed by atoms with E-state index in [1.54, 1.807) is 7.05 Å². The number of halogens is 3.